The van der Waals surface area contributed by atoms with E-state index >= 15 is 0 Å². The predicted molar refractivity (Wildman–Crippen MR) is 206 cm³/mol. The van der Waals surface area contributed by atoms with Gasteiger partial charge in [-0.15, -0.1) is 0 Å². The second-order valence-electron chi connectivity index (χ2n) is 12.7. The zero-order chi connectivity index (χ0) is 33.0. The normalized spacial score (nSPS) is 12.0. The molecule has 0 saturated heterocycles. The number of hydrogen-bond acceptors (Lipinski definition) is 3. The third-order valence-electron chi connectivity index (χ3n) is 9.69. The Bertz CT molecular complexity index is 2650. The predicted octanol–water partition coefficient (Wildman–Crippen LogP) is 12.0. The van der Waals surface area contributed by atoms with E-state index in [2.05, 4.69) is 179 Å². The third-order valence-corrected chi connectivity index (χ3v) is 9.69. The smallest absolute Gasteiger partial charge is 0.220 e. The Morgan fingerprint density at radius 1 is 0.380 bits per heavy atom. The van der Waals surface area contributed by atoms with Gasteiger partial charge in [-0.1, -0.05) is 127 Å². The number of pyridine rings is 1. The third kappa shape index (κ3) is 4.61. The summed E-state index contributed by atoms with van der Waals surface area (Å²) in [5.74, 6) is 0.856. The first-order chi connectivity index (χ1) is 24.8. The molecule has 0 amide bonds. The molecule has 9 aromatic rings. The number of imidazole rings is 1. The number of para-hydroxylation sites is 3. The first-order valence-corrected chi connectivity index (χ1v) is 16.9. The molecule has 234 valence electrons. The molecule has 0 atom stereocenters. The van der Waals surface area contributed by atoms with Crippen LogP contribution in [-0.2, 0) is 0 Å². The van der Waals surface area contributed by atoms with E-state index in [0.717, 1.165) is 73.2 Å². The fourth-order valence-electron chi connectivity index (χ4n) is 7.32. The topological polar surface area (TPSA) is 34.0 Å². The van der Waals surface area contributed by atoms with Crippen LogP contribution in [0.1, 0.15) is 0 Å². The molecule has 7 aromatic carbocycles. The van der Waals surface area contributed by atoms with Crippen molar-refractivity contribution < 1.29 is 0 Å². The molecule has 0 bridgehead atoms. The summed E-state index contributed by atoms with van der Waals surface area (Å²) in [6, 6.07) is 64.4. The molecule has 4 heteroatoms. The van der Waals surface area contributed by atoms with Crippen molar-refractivity contribution in [3.05, 3.63) is 182 Å². The lowest BCUT2D eigenvalue weighted by molar-refractivity contribution is 1.05. The molecule has 0 aliphatic carbocycles. The van der Waals surface area contributed by atoms with E-state index in [0.29, 0.717) is 0 Å². The van der Waals surface area contributed by atoms with Crippen LogP contribution >= 0.6 is 0 Å². The fourth-order valence-corrected chi connectivity index (χ4v) is 7.32. The molecule has 0 spiro atoms. The number of hydrogen-bond donors (Lipinski definition) is 0. The first-order valence-electron chi connectivity index (χ1n) is 16.9. The fraction of sp³-hybridized carbons (Fsp3) is 0. The van der Waals surface area contributed by atoms with Crippen LogP contribution in [0.15, 0.2) is 182 Å². The van der Waals surface area contributed by atoms with Gasteiger partial charge in [0.15, 0.2) is 0 Å². The molecule has 0 unspecified atom stereocenters. The number of nitrogens with zero attached hydrogens (tertiary/aromatic N) is 4. The highest BCUT2D eigenvalue weighted by Crippen LogP contribution is 2.49. The summed E-state index contributed by atoms with van der Waals surface area (Å²) < 4.78 is 2.33. The number of rotatable bonds is 4. The van der Waals surface area contributed by atoms with Crippen molar-refractivity contribution in [2.75, 3.05) is 4.90 Å². The van der Waals surface area contributed by atoms with Crippen LogP contribution in [-0.4, -0.2) is 14.5 Å². The highest BCUT2D eigenvalue weighted by molar-refractivity contribution is 6.01. The molecular weight excluding hydrogens is 609 g/mol. The minimum Gasteiger partial charge on any atom is -0.280 e. The summed E-state index contributed by atoms with van der Waals surface area (Å²) in [6.45, 7) is 0. The van der Waals surface area contributed by atoms with Gasteiger partial charge in [-0.2, -0.15) is 0 Å². The molecule has 0 fully saturated rings. The molecular formula is C46H30N4. The summed E-state index contributed by atoms with van der Waals surface area (Å²) in [5, 5.41) is 2.41. The van der Waals surface area contributed by atoms with Crippen LogP contribution < -0.4 is 4.90 Å². The van der Waals surface area contributed by atoms with Crippen molar-refractivity contribution in [1.29, 1.82) is 0 Å². The largest absolute Gasteiger partial charge is 0.280 e. The van der Waals surface area contributed by atoms with E-state index < -0.39 is 0 Å². The average Bonchev–Trinajstić information content (AvgIpc) is 3.52. The van der Waals surface area contributed by atoms with Crippen LogP contribution in [0.5, 0.6) is 0 Å². The summed E-state index contributed by atoms with van der Waals surface area (Å²) in [6.07, 6.45) is 0. The Morgan fingerprint density at radius 2 is 1.00 bits per heavy atom. The molecule has 0 radical (unpaired) electrons. The van der Waals surface area contributed by atoms with Gasteiger partial charge in [0, 0.05) is 27.9 Å². The van der Waals surface area contributed by atoms with E-state index in [9.17, 15) is 0 Å². The van der Waals surface area contributed by atoms with E-state index in [1.807, 2.05) is 12.1 Å². The minimum absolute atomic E-state index is 0.856. The van der Waals surface area contributed by atoms with Crippen molar-refractivity contribution in [3.63, 3.8) is 0 Å². The maximum atomic E-state index is 5.34. The number of aromatic nitrogens is 3. The zero-order valence-electron chi connectivity index (χ0n) is 27.1. The Labute approximate surface area is 290 Å². The second kappa shape index (κ2) is 11.4. The molecule has 4 nitrogen and oxygen atoms in total. The van der Waals surface area contributed by atoms with Crippen molar-refractivity contribution in [2.45, 2.75) is 0 Å². The summed E-state index contributed by atoms with van der Waals surface area (Å²) in [5.41, 5.74) is 13.9. The van der Waals surface area contributed by atoms with Gasteiger partial charge in [0.1, 0.15) is 0 Å². The van der Waals surface area contributed by atoms with E-state index in [4.69, 9.17) is 9.97 Å². The van der Waals surface area contributed by atoms with Gasteiger partial charge < -0.3 is 0 Å². The Balaban J connectivity index is 1.22. The van der Waals surface area contributed by atoms with Gasteiger partial charge in [0.05, 0.1) is 33.8 Å². The van der Waals surface area contributed by atoms with Crippen molar-refractivity contribution in [2.24, 2.45) is 0 Å². The average molecular weight is 639 g/mol. The quantitative estimate of drug-likeness (QED) is 0.192. The molecule has 1 aliphatic rings. The minimum atomic E-state index is 0.856. The maximum absolute atomic E-state index is 5.34. The molecule has 2 aromatic heterocycles. The highest BCUT2D eigenvalue weighted by atomic mass is 15.3. The van der Waals surface area contributed by atoms with Gasteiger partial charge in [-0.05, 0) is 76.5 Å². The molecule has 1 aliphatic heterocycles. The van der Waals surface area contributed by atoms with Gasteiger partial charge in [-0.3, -0.25) is 9.47 Å². The van der Waals surface area contributed by atoms with E-state index in [1.165, 1.54) is 16.3 Å². The van der Waals surface area contributed by atoms with Crippen molar-refractivity contribution in [1.82, 2.24) is 14.5 Å². The summed E-state index contributed by atoms with van der Waals surface area (Å²) in [7, 11) is 0. The monoisotopic (exact) mass is 638 g/mol. The number of anilines is 3. The summed E-state index contributed by atoms with van der Waals surface area (Å²) >= 11 is 0. The highest BCUT2D eigenvalue weighted by Gasteiger charge is 2.29. The SMILES string of the molecule is c1ccc(-c2cc(-c3cccc(N4c5ccccc5-c5cc6ccccc6cc5-n5c4nc4ccccc45)c3)cc(-c3ccccc3)n2)cc1. The van der Waals surface area contributed by atoms with Crippen LogP contribution in [0, 0.1) is 0 Å². The van der Waals surface area contributed by atoms with Crippen LogP contribution in [0.2, 0.25) is 0 Å². The number of fused-ring (bicyclic) bond motifs is 8. The lowest BCUT2D eigenvalue weighted by atomic mass is 9.97. The standard InChI is InChI=1S/C46H30N4/c1-3-14-31(15-4-1)41-28-36(29-42(47-41)32-16-5-2-6-17-32)33-20-13-21-37(26-33)49-43-24-11-9-22-38(43)39-27-34-18-7-8-19-35(34)30-45(39)50-44-25-12-10-23-40(44)48-46(49)50/h1-30H. The lowest BCUT2D eigenvalue weighted by Crippen LogP contribution is -2.14. The molecule has 0 saturated carbocycles. The first kappa shape index (κ1) is 28.3. The van der Waals surface area contributed by atoms with Gasteiger partial charge in [-0.25, -0.2) is 9.97 Å². The lowest BCUT2D eigenvalue weighted by Gasteiger charge is -2.25. The van der Waals surface area contributed by atoms with Crippen molar-refractivity contribution in [3.8, 4) is 50.5 Å². The molecule has 10 rings (SSSR count). The molecule has 0 N–H and O–H groups in total. The van der Waals surface area contributed by atoms with Crippen molar-refractivity contribution >= 4 is 39.1 Å². The zero-order valence-corrected chi connectivity index (χ0v) is 27.1. The Morgan fingerprint density at radius 3 is 1.76 bits per heavy atom. The second-order valence-corrected chi connectivity index (χ2v) is 12.7. The molecule has 3 heterocycles. The van der Waals surface area contributed by atoms with E-state index in [1.54, 1.807) is 0 Å². The van der Waals surface area contributed by atoms with Crippen LogP contribution in [0.4, 0.5) is 17.3 Å². The van der Waals surface area contributed by atoms with Gasteiger partial charge in [0.25, 0.3) is 0 Å². The van der Waals surface area contributed by atoms with E-state index in [-0.39, 0.29) is 0 Å². The maximum Gasteiger partial charge on any atom is 0.220 e. The Kier molecular flexibility index (Phi) is 6.46. The van der Waals surface area contributed by atoms with Gasteiger partial charge in [0.2, 0.25) is 5.95 Å². The number of benzene rings is 7. The van der Waals surface area contributed by atoms with Crippen LogP contribution in [0.3, 0.4) is 0 Å². The summed E-state index contributed by atoms with van der Waals surface area (Å²) in [4.78, 5) is 12.8. The van der Waals surface area contributed by atoms with Crippen LogP contribution in [0.25, 0.3) is 72.3 Å². The Hall–Kier alpha value is -6.78. The molecule has 50 heavy (non-hydrogen) atoms. The van der Waals surface area contributed by atoms with Gasteiger partial charge >= 0.3 is 0 Å².